The number of nitrogens with two attached hydrogens (primary N) is 1. The van der Waals surface area contributed by atoms with Gasteiger partial charge < -0.3 is 26.0 Å². The van der Waals surface area contributed by atoms with Gasteiger partial charge in [0.05, 0.1) is 6.54 Å². The van der Waals surface area contributed by atoms with E-state index in [0.29, 0.717) is 25.8 Å². The Morgan fingerprint density at radius 1 is 1.29 bits per heavy atom. The number of nitrogens with zero attached hydrogens (tertiary/aromatic N) is 1. The van der Waals surface area contributed by atoms with Crippen molar-refractivity contribution in [2.24, 2.45) is 5.73 Å². The van der Waals surface area contributed by atoms with Crippen molar-refractivity contribution in [3.8, 4) is 0 Å². The standard InChI is InChI=1S/C19H26N4O5/c1-2-6-15(17(25)21-11-16(20)24)23-10-9-14(18(23)26)22-19(27)28-12-13-7-4-3-5-8-13/h3-5,7-8,14-15H,2,6,9-12H2,1H3,(H2,20,24)(H,21,25)(H,22,27)/t14-,15+/m1/s1. The summed E-state index contributed by atoms with van der Waals surface area (Å²) >= 11 is 0. The Hall–Kier alpha value is -3.10. The third kappa shape index (κ3) is 5.97. The van der Waals surface area contributed by atoms with Crippen LogP contribution in [0.4, 0.5) is 4.79 Å². The van der Waals surface area contributed by atoms with Crippen LogP contribution in [0.15, 0.2) is 30.3 Å². The molecule has 0 aliphatic carbocycles. The predicted octanol–water partition coefficient (Wildman–Crippen LogP) is 0.284. The molecule has 0 saturated carbocycles. The molecule has 28 heavy (non-hydrogen) atoms. The number of primary amides is 1. The zero-order valence-corrected chi connectivity index (χ0v) is 15.8. The van der Waals surface area contributed by atoms with Gasteiger partial charge in [-0.15, -0.1) is 0 Å². The maximum atomic E-state index is 12.7. The summed E-state index contributed by atoms with van der Waals surface area (Å²) in [6, 6.07) is 7.75. The molecule has 4 N–H and O–H groups in total. The van der Waals surface area contributed by atoms with Crippen LogP contribution in [0.5, 0.6) is 0 Å². The molecule has 4 amide bonds. The summed E-state index contributed by atoms with van der Waals surface area (Å²) in [5.41, 5.74) is 5.89. The fourth-order valence-electron chi connectivity index (χ4n) is 3.05. The van der Waals surface area contributed by atoms with Crippen molar-refractivity contribution in [1.29, 1.82) is 0 Å². The molecule has 9 heteroatoms. The van der Waals surface area contributed by atoms with Crippen molar-refractivity contribution in [3.63, 3.8) is 0 Å². The van der Waals surface area contributed by atoms with Gasteiger partial charge >= 0.3 is 6.09 Å². The van der Waals surface area contributed by atoms with Crippen LogP contribution >= 0.6 is 0 Å². The topological polar surface area (TPSA) is 131 Å². The molecule has 1 aromatic carbocycles. The number of rotatable bonds is 9. The van der Waals surface area contributed by atoms with Crippen molar-refractivity contribution < 1.29 is 23.9 Å². The number of amides is 4. The first-order chi connectivity index (χ1) is 13.4. The fraction of sp³-hybridized carbons (Fsp3) is 0.474. The van der Waals surface area contributed by atoms with E-state index < -0.39 is 30.0 Å². The van der Waals surface area contributed by atoms with Gasteiger partial charge in [-0.2, -0.15) is 0 Å². The number of nitrogens with one attached hydrogen (secondary N) is 2. The smallest absolute Gasteiger partial charge is 0.408 e. The number of alkyl carbamates (subject to hydrolysis) is 1. The van der Waals surface area contributed by atoms with Gasteiger partial charge in [0.2, 0.25) is 17.7 Å². The summed E-state index contributed by atoms with van der Waals surface area (Å²) in [6.45, 7) is 2.04. The Balaban J connectivity index is 1.89. The highest BCUT2D eigenvalue weighted by molar-refractivity contribution is 5.93. The van der Waals surface area contributed by atoms with Crippen LogP contribution in [-0.2, 0) is 25.7 Å². The van der Waals surface area contributed by atoms with Gasteiger partial charge in [-0.1, -0.05) is 43.7 Å². The van der Waals surface area contributed by atoms with Crippen LogP contribution in [0.2, 0.25) is 0 Å². The van der Waals surface area contributed by atoms with Crippen LogP contribution in [0.25, 0.3) is 0 Å². The average Bonchev–Trinajstić information content (AvgIpc) is 3.03. The Kier molecular flexibility index (Phi) is 7.79. The molecule has 152 valence electrons. The minimum atomic E-state index is -0.744. The first kappa shape index (κ1) is 21.2. The number of carbonyl (C=O) groups excluding carboxylic acids is 4. The minimum absolute atomic E-state index is 0.102. The van der Waals surface area contributed by atoms with Crippen molar-refractivity contribution in [2.45, 2.75) is 44.9 Å². The summed E-state index contributed by atoms with van der Waals surface area (Å²) in [6.07, 6.45) is 0.814. The third-order valence-electron chi connectivity index (χ3n) is 4.42. The first-order valence-electron chi connectivity index (χ1n) is 9.26. The second-order valence-electron chi connectivity index (χ2n) is 6.57. The van der Waals surface area contributed by atoms with E-state index in [1.807, 2.05) is 37.3 Å². The van der Waals surface area contributed by atoms with Crippen molar-refractivity contribution in [2.75, 3.05) is 13.1 Å². The lowest BCUT2D eigenvalue weighted by molar-refractivity contribution is -0.139. The molecule has 1 aliphatic rings. The van der Waals surface area contributed by atoms with Gasteiger partial charge in [0.1, 0.15) is 18.7 Å². The van der Waals surface area contributed by atoms with E-state index >= 15 is 0 Å². The van der Waals surface area contributed by atoms with E-state index in [1.54, 1.807) is 0 Å². The van der Waals surface area contributed by atoms with Gasteiger partial charge in [-0.25, -0.2) is 4.79 Å². The van der Waals surface area contributed by atoms with E-state index in [-0.39, 0.29) is 19.1 Å². The molecule has 2 atom stereocenters. The molecule has 0 unspecified atom stereocenters. The number of benzene rings is 1. The zero-order valence-electron chi connectivity index (χ0n) is 15.8. The first-order valence-corrected chi connectivity index (χ1v) is 9.26. The lowest BCUT2D eigenvalue weighted by Gasteiger charge is -2.27. The van der Waals surface area contributed by atoms with Crippen LogP contribution in [0.1, 0.15) is 31.7 Å². The number of carbonyl (C=O) groups is 4. The Morgan fingerprint density at radius 2 is 2.00 bits per heavy atom. The minimum Gasteiger partial charge on any atom is -0.445 e. The van der Waals surface area contributed by atoms with Crippen LogP contribution in [-0.4, -0.2) is 53.9 Å². The third-order valence-corrected chi connectivity index (χ3v) is 4.42. The zero-order chi connectivity index (χ0) is 20.5. The lowest BCUT2D eigenvalue weighted by atomic mass is 10.1. The van der Waals surface area contributed by atoms with Crippen molar-refractivity contribution >= 4 is 23.8 Å². The Labute approximate surface area is 163 Å². The maximum Gasteiger partial charge on any atom is 0.408 e. The molecule has 0 radical (unpaired) electrons. The molecular weight excluding hydrogens is 364 g/mol. The van der Waals surface area contributed by atoms with Crippen molar-refractivity contribution in [3.05, 3.63) is 35.9 Å². The molecule has 1 saturated heterocycles. The summed E-state index contributed by atoms with van der Waals surface area (Å²) < 4.78 is 5.14. The van der Waals surface area contributed by atoms with Gasteiger partial charge in [-0.3, -0.25) is 14.4 Å². The largest absolute Gasteiger partial charge is 0.445 e. The normalized spacial score (nSPS) is 17.1. The maximum absolute atomic E-state index is 12.7. The molecule has 1 aliphatic heterocycles. The predicted molar refractivity (Wildman–Crippen MR) is 101 cm³/mol. The molecule has 0 aromatic heterocycles. The number of likely N-dealkylation sites (tertiary alicyclic amines) is 1. The monoisotopic (exact) mass is 390 g/mol. The number of ether oxygens (including phenoxy) is 1. The molecule has 2 rings (SSSR count). The van der Waals surface area contributed by atoms with Gasteiger partial charge in [0.25, 0.3) is 0 Å². The fourth-order valence-corrected chi connectivity index (χ4v) is 3.05. The van der Waals surface area contributed by atoms with E-state index in [4.69, 9.17) is 10.5 Å². The van der Waals surface area contributed by atoms with Gasteiger partial charge in [0.15, 0.2) is 0 Å². The summed E-state index contributed by atoms with van der Waals surface area (Å²) in [4.78, 5) is 49.3. The molecule has 0 spiro atoms. The highest BCUT2D eigenvalue weighted by atomic mass is 16.5. The summed E-state index contributed by atoms with van der Waals surface area (Å²) in [5, 5.41) is 5.00. The Morgan fingerprint density at radius 3 is 2.64 bits per heavy atom. The molecule has 1 fully saturated rings. The second-order valence-corrected chi connectivity index (χ2v) is 6.57. The summed E-state index contributed by atoms with van der Waals surface area (Å²) in [5.74, 6) is -1.43. The quantitative estimate of drug-likeness (QED) is 0.558. The molecular formula is C19H26N4O5. The number of hydrogen-bond acceptors (Lipinski definition) is 5. The number of hydrogen-bond donors (Lipinski definition) is 3. The molecule has 1 aromatic rings. The molecule has 0 bridgehead atoms. The Bertz CT molecular complexity index is 710. The van der Waals surface area contributed by atoms with Crippen LogP contribution < -0.4 is 16.4 Å². The van der Waals surface area contributed by atoms with Crippen molar-refractivity contribution in [1.82, 2.24) is 15.5 Å². The lowest BCUT2D eigenvalue weighted by Crippen LogP contribution is -2.51. The SMILES string of the molecule is CCC[C@@H](C(=O)NCC(N)=O)N1CC[C@@H](NC(=O)OCc2ccccc2)C1=O. The highest BCUT2D eigenvalue weighted by Gasteiger charge is 2.39. The average molecular weight is 390 g/mol. The highest BCUT2D eigenvalue weighted by Crippen LogP contribution is 2.18. The molecule has 9 nitrogen and oxygen atoms in total. The molecule has 1 heterocycles. The summed E-state index contributed by atoms with van der Waals surface area (Å²) in [7, 11) is 0. The van der Waals surface area contributed by atoms with E-state index in [9.17, 15) is 19.2 Å². The van der Waals surface area contributed by atoms with Gasteiger partial charge in [-0.05, 0) is 18.4 Å². The van der Waals surface area contributed by atoms with Crippen LogP contribution in [0, 0.1) is 0 Å². The second kappa shape index (κ2) is 10.3. The van der Waals surface area contributed by atoms with E-state index in [1.165, 1.54) is 4.90 Å². The van der Waals surface area contributed by atoms with Gasteiger partial charge in [0, 0.05) is 6.54 Å². The van der Waals surface area contributed by atoms with E-state index in [2.05, 4.69) is 10.6 Å². The van der Waals surface area contributed by atoms with E-state index in [0.717, 1.165) is 5.56 Å². The van der Waals surface area contributed by atoms with Crippen LogP contribution in [0.3, 0.4) is 0 Å².